The van der Waals surface area contributed by atoms with Gasteiger partial charge in [0.15, 0.2) is 0 Å². The first kappa shape index (κ1) is 19.5. The second-order valence-electron chi connectivity index (χ2n) is 7.76. The van der Waals surface area contributed by atoms with Gasteiger partial charge in [-0.1, -0.05) is 6.07 Å². The topological polar surface area (TPSA) is 72.9 Å². The summed E-state index contributed by atoms with van der Waals surface area (Å²) in [6, 6.07) is 3.43. The SMILES string of the molecule is CC1(C(=O)O)CCN(C(=O)NC2CCCN(Cc3c(F)cccc3F)C2)C1. The van der Waals surface area contributed by atoms with E-state index in [0.29, 0.717) is 26.1 Å². The standard InChI is InChI=1S/C19H25F2N3O3/c1-19(17(25)26)7-9-24(12-19)18(27)22-13-4-3-8-23(10-13)11-14-15(20)5-2-6-16(14)21/h2,5-6,13H,3-4,7-12H2,1H3,(H,22,27)(H,25,26). The largest absolute Gasteiger partial charge is 0.481 e. The fourth-order valence-corrected chi connectivity index (χ4v) is 3.80. The van der Waals surface area contributed by atoms with Crippen molar-refractivity contribution in [1.82, 2.24) is 15.1 Å². The summed E-state index contributed by atoms with van der Waals surface area (Å²) in [6.45, 7) is 3.61. The minimum absolute atomic E-state index is 0.0428. The molecule has 0 aromatic heterocycles. The number of nitrogens with one attached hydrogen (secondary N) is 1. The van der Waals surface area contributed by atoms with Crippen LogP contribution < -0.4 is 5.32 Å². The van der Waals surface area contributed by atoms with Crippen molar-refractivity contribution in [2.75, 3.05) is 26.2 Å². The summed E-state index contributed by atoms with van der Waals surface area (Å²) in [6.07, 6.45) is 2.03. The zero-order chi connectivity index (χ0) is 19.6. The molecule has 1 aromatic rings. The van der Waals surface area contributed by atoms with Gasteiger partial charge >= 0.3 is 12.0 Å². The van der Waals surface area contributed by atoms with Crippen molar-refractivity contribution < 1.29 is 23.5 Å². The first-order valence-corrected chi connectivity index (χ1v) is 9.22. The van der Waals surface area contributed by atoms with E-state index in [1.165, 1.54) is 23.1 Å². The number of halogens is 2. The van der Waals surface area contributed by atoms with Gasteiger partial charge in [0, 0.05) is 37.8 Å². The van der Waals surface area contributed by atoms with Crippen LogP contribution in [0.4, 0.5) is 13.6 Å². The van der Waals surface area contributed by atoms with Gasteiger partial charge in [-0.25, -0.2) is 13.6 Å². The summed E-state index contributed by atoms with van der Waals surface area (Å²) in [4.78, 5) is 27.3. The minimum Gasteiger partial charge on any atom is -0.481 e. The Morgan fingerprint density at radius 1 is 1.30 bits per heavy atom. The molecule has 2 unspecified atom stereocenters. The average Bonchev–Trinajstić information content (AvgIpc) is 3.03. The van der Waals surface area contributed by atoms with Crippen LogP contribution >= 0.6 is 0 Å². The van der Waals surface area contributed by atoms with E-state index in [4.69, 9.17) is 0 Å². The van der Waals surface area contributed by atoms with Crippen LogP contribution in [-0.2, 0) is 11.3 Å². The van der Waals surface area contributed by atoms with E-state index in [0.717, 1.165) is 12.8 Å². The molecule has 2 amide bonds. The average molecular weight is 381 g/mol. The number of amides is 2. The van der Waals surface area contributed by atoms with Gasteiger partial charge < -0.3 is 15.3 Å². The Kier molecular flexibility index (Phi) is 5.64. The molecule has 2 atom stereocenters. The lowest BCUT2D eigenvalue weighted by molar-refractivity contribution is -0.147. The number of likely N-dealkylation sites (tertiary alicyclic amines) is 2. The van der Waals surface area contributed by atoms with Gasteiger partial charge in [-0.2, -0.15) is 0 Å². The number of carboxylic acid groups (broad SMARTS) is 1. The van der Waals surface area contributed by atoms with E-state index in [2.05, 4.69) is 5.32 Å². The number of hydrogen-bond donors (Lipinski definition) is 2. The molecule has 2 saturated heterocycles. The predicted molar refractivity (Wildman–Crippen MR) is 95.1 cm³/mol. The zero-order valence-electron chi connectivity index (χ0n) is 15.4. The van der Waals surface area contributed by atoms with E-state index in [9.17, 15) is 23.5 Å². The van der Waals surface area contributed by atoms with Crippen LogP contribution in [0.15, 0.2) is 18.2 Å². The van der Waals surface area contributed by atoms with Crippen LogP contribution in [0.1, 0.15) is 31.7 Å². The third-order valence-electron chi connectivity index (χ3n) is 5.55. The van der Waals surface area contributed by atoms with Crippen molar-refractivity contribution in [3.05, 3.63) is 35.4 Å². The third-order valence-corrected chi connectivity index (χ3v) is 5.55. The number of benzene rings is 1. The molecule has 2 fully saturated rings. The van der Waals surface area contributed by atoms with Crippen molar-refractivity contribution in [2.45, 2.75) is 38.8 Å². The molecule has 148 valence electrons. The normalized spacial score (nSPS) is 26.2. The Bertz CT molecular complexity index is 710. The number of carboxylic acids is 1. The van der Waals surface area contributed by atoms with Gasteiger partial charge in [0.25, 0.3) is 0 Å². The molecule has 27 heavy (non-hydrogen) atoms. The Morgan fingerprint density at radius 3 is 2.63 bits per heavy atom. The Morgan fingerprint density at radius 2 is 2.00 bits per heavy atom. The van der Waals surface area contributed by atoms with Crippen molar-refractivity contribution in [1.29, 1.82) is 0 Å². The van der Waals surface area contributed by atoms with Gasteiger partial charge in [-0.05, 0) is 44.9 Å². The highest BCUT2D eigenvalue weighted by atomic mass is 19.1. The van der Waals surface area contributed by atoms with Crippen molar-refractivity contribution in [2.24, 2.45) is 5.41 Å². The van der Waals surface area contributed by atoms with Crippen LogP contribution in [0.5, 0.6) is 0 Å². The number of piperidine rings is 1. The number of carbonyl (C=O) groups excluding carboxylic acids is 1. The van der Waals surface area contributed by atoms with E-state index in [1.807, 2.05) is 4.90 Å². The molecule has 2 aliphatic rings. The highest BCUT2D eigenvalue weighted by molar-refractivity contribution is 5.79. The van der Waals surface area contributed by atoms with Gasteiger partial charge in [-0.3, -0.25) is 9.69 Å². The number of hydrogen-bond acceptors (Lipinski definition) is 3. The van der Waals surface area contributed by atoms with Gasteiger partial charge in [0.05, 0.1) is 5.41 Å². The van der Waals surface area contributed by atoms with E-state index < -0.39 is 23.0 Å². The second kappa shape index (κ2) is 7.80. The van der Waals surface area contributed by atoms with Crippen LogP contribution in [0.3, 0.4) is 0 Å². The molecule has 2 aliphatic heterocycles. The molecule has 1 aromatic carbocycles. The molecule has 0 bridgehead atoms. The lowest BCUT2D eigenvalue weighted by Gasteiger charge is -2.34. The number of nitrogens with zero attached hydrogens (tertiary/aromatic N) is 2. The van der Waals surface area contributed by atoms with Crippen LogP contribution in [-0.4, -0.2) is 59.1 Å². The van der Waals surface area contributed by atoms with Crippen LogP contribution in [0.2, 0.25) is 0 Å². The molecule has 0 aliphatic carbocycles. The molecule has 0 spiro atoms. The van der Waals surface area contributed by atoms with Crippen LogP contribution in [0.25, 0.3) is 0 Å². The Labute approximate surface area is 157 Å². The molecule has 2 heterocycles. The Balaban J connectivity index is 1.56. The predicted octanol–water partition coefficient (Wildman–Crippen LogP) is 2.44. The number of carbonyl (C=O) groups is 2. The summed E-state index contributed by atoms with van der Waals surface area (Å²) in [5, 5.41) is 12.2. The monoisotopic (exact) mass is 381 g/mol. The van der Waals surface area contributed by atoms with E-state index >= 15 is 0 Å². The lowest BCUT2D eigenvalue weighted by atomic mass is 9.90. The summed E-state index contributed by atoms with van der Waals surface area (Å²) in [5.74, 6) is -2.02. The number of rotatable bonds is 4. The molecule has 0 radical (unpaired) electrons. The highest BCUT2D eigenvalue weighted by Crippen LogP contribution is 2.30. The molecule has 2 N–H and O–H groups in total. The zero-order valence-corrected chi connectivity index (χ0v) is 15.4. The number of urea groups is 1. The smallest absolute Gasteiger partial charge is 0.317 e. The van der Waals surface area contributed by atoms with Gasteiger partial charge in [0.1, 0.15) is 11.6 Å². The van der Waals surface area contributed by atoms with Crippen molar-refractivity contribution in [3.8, 4) is 0 Å². The van der Waals surface area contributed by atoms with Crippen molar-refractivity contribution in [3.63, 3.8) is 0 Å². The molecule has 8 heteroatoms. The summed E-state index contributed by atoms with van der Waals surface area (Å²) in [5.41, 5.74) is -0.862. The molecular weight excluding hydrogens is 356 g/mol. The van der Waals surface area contributed by atoms with E-state index in [-0.39, 0.29) is 30.7 Å². The maximum atomic E-state index is 13.9. The lowest BCUT2D eigenvalue weighted by Crippen LogP contribution is -2.51. The first-order chi connectivity index (χ1) is 12.8. The van der Waals surface area contributed by atoms with Gasteiger partial charge in [0.2, 0.25) is 0 Å². The van der Waals surface area contributed by atoms with Gasteiger partial charge in [-0.15, -0.1) is 0 Å². The molecular formula is C19H25F2N3O3. The fourth-order valence-electron chi connectivity index (χ4n) is 3.80. The summed E-state index contributed by atoms with van der Waals surface area (Å²) >= 11 is 0. The molecule has 0 saturated carbocycles. The van der Waals surface area contributed by atoms with Crippen LogP contribution in [0, 0.1) is 17.0 Å². The quantitative estimate of drug-likeness (QED) is 0.840. The molecule has 3 rings (SSSR count). The Hall–Kier alpha value is -2.22. The maximum Gasteiger partial charge on any atom is 0.317 e. The van der Waals surface area contributed by atoms with Crippen molar-refractivity contribution >= 4 is 12.0 Å². The summed E-state index contributed by atoms with van der Waals surface area (Å²) in [7, 11) is 0. The second-order valence-corrected chi connectivity index (χ2v) is 7.76. The van der Waals surface area contributed by atoms with E-state index in [1.54, 1.807) is 6.92 Å². The molecule has 6 nitrogen and oxygen atoms in total. The first-order valence-electron chi connectivity index (χ1n) is 9.22. The minimum atomic E-state index is -0.904. The highest BCUT2D eigenvalue weighted by Gasteiger charge is 2.42. The number of aliphatic carboxylic acids is 1. The maximum absolute atomic E-state index is 13.9. The fraction of sp³-hybridized carbons (Fsp3) is 0.579. The summed E-state index contributed by atoms with van der Waals surface area (Å²) < 4.78 is 27.7. The third kappa shape index (κ3) is 4.37.